The second-order valence-corrected chi connectivity index (χ2v) is 11.6. The van der Waals surface area contributed by atoms with Gasteiger partial charge in [-0.1, -0.05) is 0 Å². The molecule has 15 atom stereocenters. The molecule has 3 saturated heterocycles. The van der Waals surface area contributed by atoms with E-state index in [0.717, 1.165) is 0 Å². The van der Waals surface area contributed by atoms with E-state index in [1.807, 2.05) is 0 Å². The largest absolute Gasteiger partial charge is 0.397 e. The third kappa shape index (κ3) is 8.67. The maximum atomic E-state index is 11.2. The number of hydrogen-bond acceptors (Lipinski definition) is 20. The molecular weight excluding hydrogens is 632 g/mol. The Balaban J connectivity index is 1.83. The van der Waals surface area contributed by atoms with Crippen molar-refractivity contribution >= 4 is 20.8 Å². The highest BCUT2D eigenvalue weighted by Crippen LogP contribution is 2.32. The van der Waals surface area contributed by atoms with Crippen molar-refractivity contribution in [1.29, 1.82) is 0 Å². The molecule has 3 fully saturated rings. The summed E-state index contributed by atoms with van der Waals surface area (Å²) in [5.74, 6) is 0. The van der Waals surface area contributed by atoms with Crippen LogP contribution >= 0.6 is 0 Å². The van der Waals surface area contributed by atoms with Gasteiger partial charge in [0.05, 0.1) is 19.8 Å². The van der Waals surface area contributed by atoms with Gasteiger partial charge in [-0.2, -0.15) is 16.8 Å². The summed E-state index contributed by atoms with van der Waals surface area (Å²) >= 11 is 0. The minimum atomic E-state index is -5.17. The number of aliphatic hydroxyl groups is 9. The third-order valence-corrected chi connectivity index (χ3v) is 7.36. The Morgan fingerprint density at radius 1 is 0.524 bits per heavy atom. The van der Waals surface area contributed by atoms with Crippen LogP contribution in [0.25, 0.3) is 0 Å². The Morgan fingerprint density at radius 2 is 0.952 bits per heavy atom. The van der Waals surface area contributed by atoms with Gasteiger partial charge in [-0.15, -0.1) is 0 Å². The highest BCUT2D eigenvalue weighted by Gasteiger charge is 2.53. The Hall–Kier alpha value is -0.820. The molecule has 11 N–H and O–H groups in total. The van der Waals surface area contributed by atoms with Crippen molar-refractivity contribution in [3.63, 3.8) is 0 Å². The number of rotatable bonds is 11. The smallest absolute Gasteiger partial charge is 0.394 e. The van der Waals surface area contributed by atoms with Crippen LogP contribution in [0.3, 0.4) is 0 Å². The van der Waals surface area contributed by atoms with E-state index in [2.05, 4.69) is 8.37 Å². The van der Waals surface area contributed by atoms with E-state index in [4.69, 9.17) is 32.8 Å². The zero-order chi connectivity index (χ0) is 31.7. The van der Waals surface area contributed by atoms with Crippen LogP contribution in [0.4, 0.5) is 0 Å². The summed E-state index contributed by atoms with van der Waals surface area (Å²) in [7, 11) is -10.2. The summed E-state index contributed by atoms with van der Waals surface area (Å²) in [4.78, 5) is 0. The molecule has 3 aliphatic rings. The monoisotopic (exact) mass is 664 g/mol. The van der Waals surface area contributed by atoms with Gasteiger partial charge in [0.15, 0.2) is 18.9 Å². The molecule has 42 heavy (non-hydrogen) atoms. The third-order valence-electron chi connectivity index (χ3n) is 6.49. The van der Waals surface area contributed by atoms with Crippen LogP contribution in [0.5, 0.6) is 0 Å². The Morgan fingerprint density at radius 3 is 1.45 bits per heavy atom. The second kappa shape index (κ2) is 14.1. The van der Waals surface area contributed by atoms with Gasteiger partial charge in [-0.25, -0.2) is 8.37 Å². The van der Waals surface area contributed by atoms with Crippen molar-refractivity contribution in [1.82, 2.24) is 0 Å². The molecule has 0 aromatic heterocycles. The minimum Gasteiger partial charge on any atom is -0.394 e. The zero-order valence-electron chi connectivity index (χ0n) is 21.0. The summed E-state index contributed by atoms with van der Waals surface area (Å²) in [5.41, 5.74) is 0. The first kappa shape index (κ1) is 35.7. The molecule has 0 aliphatic carbocycles. The van der Waals surface area contributed by atoms with Gasteiger partial charge in [0.2, 0.25) is 0 Å². The lowest BCUT2D eigenvalue weighted by molar-refractivity contribution is -0.377. The maximum Gasteiger partial charge on any atom is 0.397 e. The summed E-state index contributed by atoms with van der Waals surface area (Å²) in [6.07, 6.45) is -29.6. The van der Waals surface area contributed by atoms with E-state index >= 15 is 0 Å². The quantitative estimate of drug-likeness (QED) is 0.0913. The Kier molecular flexibility index (Phi) is 12.0. The first-order valence-corrected chi connectivity index (χ1v) is 14.6. The molecule has 0 aromatic carbocycles. The zero-order valence-corrected chi connectivity index (χ0v) is 22.6. The number of ether oxygens (including phenoxy) is 5. The van der Waals surface area contributed by atoms with Crippen molar-refractivity contribution < 1.29 is 104 Å². The van der Waals surface area contributed by atoms with Crippen LogP contribution < -0.4 is 0 Å². The molecule has 3 aliphatic heterocycles. The maximum absolute atomic E-state index is 11.2. The van der Waals surface area contributed by atoms with Gasteiger partial charge in [-0.3, -0.25) is 9.11 Å². The van der Waals surface area contributed by atoms with Gasteiger partial charge in [-0.05, 0) is 0 Å². The van der Waals surface area contributed by atoms with E-state index in [0.29, 0.717) is 0 Å². The fourth-order valence-corrected chi connectivity index (χ4v) is 4.95. The fraction of sp³-hybridized carbons (Fsp3) is 1.00. The molecule has 0 aromatic rings. The SMILES string of the molecule is O=S(=O)(O)OC[C@H]1O[C@@H](O[C@H]2[C@H](O)[C@@H](O)[C@H](O[C@H]3[C@H](O)[C@@H](O)[C@H](O)O[C@@H]3CO)O[C@@H]2COS(=O)(=O)O)[C@H](O)[C@@H](O)[C@@H]1O. The normalized spacial score (nSPS) is 45.5. The van der Waals surface area contributed by atoms with E-state index < -0.39 is 133 Å². The predicted molar refractivity (Wildman–Crippen MR) is 122 cm³/mol. The molecule has 0 bridgehead atoms. The van der Waals surface area contributed by atoms with Crippen molar-refractivity contribution in [3.8, 4) is 0 Å². The molecule has 0 amide bonds. The van der Waals surface area contributed by atoms with Crippen LogP contribution in [-0.4, -0.2) is 184 Å². The molecule has 0 saturated carbocycles. The molecule has 22 nitrogen and oxygen atoms in total. The lowest BCUT2D eigenvalue weighted by Gasteiger charge is -2.48. The van der Waals surface area contributed by atoms with Crippen molar-refractivity contribution in [2.75, 3.05) is 19.8 Å². The molecule has 3 rings (SSSR count). The van der Waals surface area contributed by atoms with Crippen molar-refractivity contribution in [2.24, 2.45) is 0 Å². The predicted octanol–water partition coefficient (Wildman–Crippen LogP) is -7.92. The Bertz CT molecular complexity index is 1090. The van der Waals surface area contributed by atoms with Crippen LogP contribution in [0, 0.1) is 0 Å². The number of hydrogen-bond donors (Lipinski definition) is 11. The summed E-state index contributed by atoms with van der Waals surface area (Å²) in [6.45, 7) is -3.20. The fourth-order valence-electron chi connectivity index (χ4n) is 4.34. The average Bonchev–Trinajstić information content (AvgIpc) is 2.90. The summed E-state index contributed by atoms with van der Waals surface area (Å²) < 4.78 is 96.5. The van der Waals surface area contributed by atoms with Gasteiger partial charge < -0.3 is 69.6 Å². The molecular formula is C18H32O22S2. The molecule has 0 radical (unpaired) electrons. The topological polar surface area (TPSA) is 355 Å². The Labute approximate surface area is 237 Å². The van der Waals surface area contributed by atoms with Gasteiger partial charge in [0.25, 0.3) is 0 Å². The summed E-state index contributed by atoms with van der Waals surface area (Å²) in [6, 6.07) is 0. The van der Waals surface area contributed by atoms with Gasteiger partial charge >= 0.3 is 20.8 Å². The first-order chi connectivity index (χ1) is 19.3. The second-order valence-electron chi connectivity index (χ2n) is 9.39. The van der Waals surface area contributed by atoms with Crippen molar-refractivity contribution in [2.45, 2.75) is 92.1 Å². The number of aliphatic hydroxyl groups excluding tert-OH is 9. The molecule has 0 unspecified atom stereocenters. The van der Waals surface area contributed by atoms with E-state index in [-0.39, 0.29) is 0 Å². The molecule has 24 heteroatoms. The minimum absolute atomic E-state index is 0.897. The van der Waals surface area contributed by atoms with E-state index in [9.17, 15) is 62.8 Å². The van der Waals surface area contributed by atoms with Crippen LogP contribution in [-0.2, 0) is 52.8 Å². The lowest BCUT2D eigenvalue weighted by Crippen LogP contribution is -2.66. The highest BCUT2D eigenvalue weighted by atomic mass is 32.3. The lowest BCUT2D eigenvalue weighted by atomic mass is 9.96. The first-order valence-electron chi connectivity index (χ1n) is 11.9. The van der Waals surface area contributed by atoms with E-state index in [1.54, 1.807) is 0 Å². The van der Waals surface area contributed by atoms with Crippen LogP contribution in [0.2, 0.25) is 0 Å². The van der Waals surface area contributed by atoms with Crippen molar-refractivity contribution in [3.05, 3.63) is 0 Å². The molecule has 3 heterocycles. The van der Waals surface area contributed by atoms with Gasteiger partial charge in [0.1, 0.15) is 73.2 Å². The highest BCUT2D eigenvalue weighted by molar-refractivity contribution is 7.81. The van der Waals surface area contributed by atoms with Crippen LogP contribution in [0.1, 0.15) is 0 Å². The summed E-state index contributed by atoms with van der Waals surface area (Å²) in [5, 5.41) is 91.4. The van der Waals surface area contributed by atoms with E-state index in [1.165, 1.54) is 0 Å². The molecule has 248 valence electrons. The van der Waals surface area contributed by atoms with Gasteiger partial charge in [0, 0.05) is 0 Å². The van der Waals surface area contributed by atoms with Crippen LogP contribution in [0.15, 0.2) is 0 Å². The standard InChI is InChI=1S/C18H32O22S2/c19-1-4-14(9(22)11(24)16(27)36-4)39-18-13(26)10(23)15(6(38-18)3-35-42(31,32)33)40-17-12(25)8(21)7(20)5(37-17)2-34-41(28,29)30/h4-27H,1-3H2,(H,28,29,30)(H,31,32,33)/t4-,5-,6-,7-,8+,9-,10-,11-,12-,13-,14-,15-,16-,17+,18+/m1/s1. The molecule has 0 spiro atoms. The average molecular weight is 665 g/mol.